The van der Waals surface area contributed by atoms with E-state index in [9.17, 15) is 32.1 Å². The van der Waals surface area contributed by atoms with Crippen molar-refractivity contribution in [1.82, 2.24) is 19.9 Å². The Balaban J connectivity index is 1.30. The number of phosphoric ester groups is 1. The Morgan fingerprint density at radius 1 is 0.925 bits per heavy atom. The Morgan fingerprint density at radius 2 is 1.62 bits per heavy atom. The van der Waals surface area contributed by atoms with Crippen LogP contribution in [0.2, 0.25) is 0 Å². The van der Waals surface area contributed by atoms with Gasteiger partial charge in [-0.3, -0.25) is 28.1 Å². The van der Waals surface area contributed by atoms with Crippen LogP contribution in [-0.2, 0) is 37.3 Å². The molecular weight excluding hydrogens is 720 g/mol. The third-order valence-corrected chi connectivity index (χ3v) is 9.05. The predicted molar refractivity (Wildman–Crippen MR) is 188 cm³/mol. The fourth-order valence-electron chi connectivity index (χ4n) is 4.83. The zero-order valence-electron chi connectivity index (χ0n) is 28.7. The number of aromatic amines is 1. The number of ketones is 1. The summed E-state index contributed by atoms with van der Waals surface area (Å²) in [6, 6.07) is 15.4. The van der Waals surface area contributed by atoms with E-state index in [0.29, 0.717) is 29.4 Å². The van der Waals surface area contributed by atoms with Crippen LogP contribution in [0.1, 0.15) is 58.3 Å². The second-order valence-electron chi connectivity index (χ2n) is 11.2. The maximum atomic E-state index is 13.7. The van der Waals surface area contributed by atoms with E-state index in [4.69, 9.17) is 18.3 Å². The zero-order valence-corrected chi connectivity index (χ0v) is 29.5. The maximum absolute atomic E-state index is 13.7. The first-order valence-corrected chi connectivity index (χ1v) is 17.7. The van der Waals surface area contributed by atoms with Gasteiger partial charge in [-0.2, -0.15) is 18.2 Å². The summed E-state index contributed by atoms with van der Waals surface area (Å²) in [4.78, 5) is 52.9. The molecule has 0 fully saturated rings. The molecule has 0 aliphatic rings. The Morgan fingerprint density at radius 3 is 2.26 bits per heavy atom. The summed E-state index contributed by atoms with van der Waals surface area (Å²) >= 11 is 0. The van der Waals surface area contributed by atoms with Gasteiger partial charge >= 0.3 is 20.0 Å². The number of nitrogens with zero attached hydrogens (tertiary/aromatic N) is 3. The summed E-state index contributed by atoms with van der Waals surface area (Å²) in [6.07, 6.45) is -3.06. The molecule has 0 atom stereocenters. The number of phosphoric acid groups is 1. The lowest BCUT2D eigenvalue weighted by Gasteiger charge is -2.16. The van der Waals surface area contributed by atoms with E-state index < -0.39 is 31.1 Å². The number of benzene rings is 3. The molecule has 0 aliphatic carbocycles. The van der Waals surface area contributed by atoms with Gasteiger partial charge in [-0.25, -0.2) is 19.3 Å². The molecule has 3 aromatic carbocycles. The summed E-state index contributed by atoms with van der Waals surface area (Å²) in [7, 11) is -3.68. The minimum atomic E-state index is -4.76. The first kappa shape index (κ1) is 38.7. The lowest BCUT2D eigenvalue weighted by atomic mass is 10.1. The molecule has 278 valence electrons. The normalized spacial score (nSPS) is 11.7. The molecule has 0 bridgehead atoms. The van der Waals surface area contributed by atoms with Gasteiger partial charge in [-0.15, -0.1) is 0 Å². The highest BCUT2D eigenvalue weighted by Crippen LogP contribution is 2.49. The lowest BCUT2D eigenvalue weighted by Crippen LogP contribution is -2.17. The SMILES string of the molecule is CCOP(=O)(OCC)OCCc1ccc(OC(=O)c2ccc(C(F)(F)F)cc2Nc2nc3ncc(CNc4ccc(C(C)=O)cc4)nc3c(=O)[nH]2)cc1. The van der Waals surface area contributed by atoms with Crippen molar-refractivity contribution in [3.63, 3.8) is 0 Å². The number of H-pyrrole nitrogens is 1. The molecule has 0 unspecified atom stereocenters. The van der Waals surface area contributed by atoms with E-state index in [1.807, 2.05) is 0 Å². The van der Waals surface area contributed by atoms with Crippen LogP contribution < -0.4 is 20.9 Å². The van der Waals surface area contributed by atoms with Crippen molar-refractivity contribution in [3.05, 3.63) is 111 Å². The van der Waals surface area contributed by atoms with Crippen molar-refractivity contribution >= 4 is 48.1 Å². The first-order valence-electron chi connectivity index (χ1n) is 16.2. The van der Waals surface area contributed by atoms with Gasteiger partial charge < -0.3 is 15.4 Å². The van der Waals surface area contributed by atoms with Gasteiger partial charge in [0.2, 0.25) is 5.95 Å². The molecule has 0 saturated carbocycles. The van der Waals surface area contributed by atoms with Gasteiger partial charge in [0.25, 0.3) is 5.56 Å². The number of fused-ring (bicyclic) bond motifs is 1. The molecule has 5 rings (SSSR count). The Labute approximate surface area is 300 Å². The molecule has 18 heteroatoms. The summed E-state index contributed by atoms with van der Waals surface area (Å²) in [6.45, 7) is 5.26. The highest BCUT2D eigenvalue weighted by molar-refractivity contribution is 7.48. The standard InChI is InChI=1S/C35H34F3N6O8P/c1-4-49-53(48,50-5-2)51-17-16-22-6-13-27(14-7-22)52-33(47)28-15-10-24(35(36,37)38)18-29(28)42-34-43-31-30(32(46)44-34)41-26(20-40-31)19-39-25-11-8-23(9-12-25)21(3)45/h6-15,18,20,39H,4-5,16-17,19H2,1-3H3,(H2,40,42,43,44,46). The van der Waals surface area contributed by atoms with Crippen molar-refractivity contribution in [2.24, 2.45) is 0 Å². The number of Topliss-reactive ketones (excluding diaryl/α,β-unsaturated/α-hetero) is 1. The number of esters is 1. The molecular formula is C35H34F3N6O8P. The van der Waals surface area contributed by atoms with E-state index in [-0.39, 0.29) is 66.3 Å². The third-order valence-electron chi connectivity index (χ3n) is 7.40. The maximum Gasteiger partial charge on any atom is 0.474 e. The average Bonchev–Trinajstić information content (AvgIpc) is 3.11. The van der Waals surface area contributed by atoms with E-state index in [0.717, 1.165) is 17.7 Å². The topological polar surface area (TPSA) is 184 Å². The molecule has 14 nitrogen and oxygen atoms in total. The average molecular weight is 755 g/mol. The minimum absolute atomic E-state index is 0.0186. The van der Waals surface area contributed by atoms with Crippen LogP contribution in [0.3, 0.4) is 0 Å². The number of ether oxygens (including phenoxy) is 1. The summed E-state index contributed by atoms with van der Waals surface area (Å²) in [5.41, 5.74) is -0.300. The molecule has 3 N–H and O–H groups in total. The molecule has 2 aromatic heterocycles. The number of aromatic nitrogens is 4. The number of hydrogen-bond donors (Lipinski definition) is 3. The van der Waals surface area contributed by atoms with Crippen LogP contribution in [0.4, 0.5) is 30.5 Å². The van der Waals surface area contributed by atoms with Crippen LogP contribution in [0, 0.1) is 0 Å². The quantitative estimate of drug-likeness (QED) is 0.0397. The molecule has 0 saturated heterocycles. The summed E-state index contributed by atoms with van der Waals surface area (Å²) < 4.78 is 74.5. The van der Waals surface area contributed by atoms with Crippen molar-refractivity contribution < 1.29 is 45.6 Å². The largest absolute Gasteiger partial charge is 0.474 e. The van der Waals surface area contributed by atoms with Gasteiger partial charge in [0.1, 0.15) is 5.75 Å². The number of hydrogen-bond acceptors (Lipinski definition) is 13. The molecule has 2 heterocycles. The van der Waals surface area contributed by atoms with Crippen LogP contribution in [0.25, 0.3) is 11.2 Å². The molecule has 5 aromatic rings. The van der Waals surface area contributed by atoms with Crippen molar-refractivity contribution in [2.75, 3.05) is 30.5 Å². The number of nitrogens with one attached hydrogen (secondary N) is 3. The highest BCUT2D eigenvalue weighted by Gasteiger charge is 2.32. The van der Waals surface area contributed by atoms with E-state index >= 15 is 0 Å². The number of anilines is 3. The van der Waals surface area contributed by atoms with Crippen LogP contribution >= 0.6 is 7.82 Å². The number of carbonyl (C=O) groups is 2. The molecule has 0 amide bonds. The molecule has 0 aliphatic heterocycles. The third kappa shape index (κ3) is 10.3. The van der Waals surface area contributed by atoms with E-state index in [1.165, 1.54) is 25.3 Å². The fraction of sp³-hybridized carbons (Fsp3) is 0.257. The van der Waals surface area contributed by atoms with Crippen molar-refractivity contribution in [3.8, 4) is 5.75 Å². The van der Waals surface area contributed by atoms with E-state index in [2.05, 4.69) is 30.6 Å². The summed E-state index contributed by atoms with van der Waals surface area (Å²) in [5, 5.41) is 5.70. The lowest BCUT2D eigenvalue weighted by molar-refractivity contribution is -0.137. The zero-order chi connectivity index (χ0) is 38.2. The predicted octanol–water partition coefficient (Wildman–Crippen LogP) is 7.25. The summed E-state index contributed by atoms with van der Waals surface area (Å²) in [5.74, 6) is -1.28. The minimum Gasteiger partial charge on any atom is -0.423 e. The number of halogens is 3. The first-order chi connectivity index (χ1) is 25.3. The second-order valence-corrected chi connectivity index (χ2v) is 12.9. The highest BCUT2D eigenvalue weighted by atomic mass is 31.2. The van der Waals surface area contributed by atoms with Gasteiger partial charge in [0.05, 0.1) is 55.1 Å². The van der Waals surface area contributed by atoms with Crippen LogP contribution in [0.5, 0.6) is 5.75 Å². The number of carbonyl (C=O) groups excluding carboxylic acids is 2. The number of rotatable bonds is 16. The smallest absolute Gasteiger partial charge is 0.423 e. The van der Waals surface area contributed by atoms with E-state index in [1.54, 1.807) is 50.2 Å². The Bertz CT molecular complexity index is 2190. The molecule has 53 heavy (non-hydrogen) atoms. The Kier molecular flexibility index (Phi) is 12.4. The van der Waals surface area contributed by atoms with Gasteiger partial charge in [0.15, 0.2) is 16.9 Å². The van der Waals surface area contributed by atoms with Crippen LogP contribution in [-0.4, -0.2) is 51.5 Å². The molecule has 0 spiro atoms. The monoisotopic (exact) mass is 754 g/mol. The second kappa shape index (κ2) is 16.9. The van der Waals surface area contributed by atoms with Crippen LogP contribution in [0.15, 0.2) is 77.7 Å². The fourth-order valence-corrected chi connectivity index (χ4v) is 6.00. The van der Waals surface area contributed by atoms with Gasteiger partial charge in [-0.1, -0.05) is 12.1 Å². The van der Waals surface area contributed by atoms with Crippen molar-refractivity contribution in [2.45, 2.75) is 39.9 Å². The Hall–Kier alpha value is -5.48. The van der Waals surface area contributed by atoms with Crippen molar-refractivity contribution in [1.29, 1.82) is 0 Å². The van der Waals surface area contributed by atoms with Gasteiger partial charge in [-0.05, 0) is 87.4 Å². The number of alkyl halides is 3. The molecule has 0 radical (unpaired) electrons. The van der Waals surface area contributed by atoms with Gasteiger partial charge in [0, 0.05) is 11.3 Å².